The molecule has 0 atom stereocenters. The van der Waals surface area contributed by atoms with Crippen LogP contribution in [-0.4, -0.2) is 63.6 Å². The third kappa shape index (κ3) is 8.82. The number of halogens is 1. The number of ether oxygens (including phenoxy) is 1. The van der Waals surface area contributed by atoms with Crippen LogP contribution < -0.4 is 25.6 Å². The number of hydrogen-bond acceptors (Lipinski definition) is 8. The molecule has 0 bridgehead atoms. The maximum absolute atomic E-state index is 12.5. The van der Waals surface area contributed by atoms with E-state index < -0.39 is 11.6 Å². The van der Waals surface area contributed by atoms with E-state index in [2.05, 4.69) is 32.5 Å². The molecule has 12 nitrogen and oxygen atoms in total. The van der Waals surface area contributed by atoms with Crippen molar-refractivity contribution in [1.29, 1.82) is 0 Å². The van der Waals surface area contributed by atoms with Crippen molar-refractivity contribution in [1.82, 2.24) is 14.9 Å². The number of methoxy groups -OCH3 is 1. The number of carbonyl (C=O) groups excluding carboxylic acids is 2. The van der Waals surface area contributed by atoms with Gasteiger partial charge in [0.15, 0.2) is 5.82 Å². The second-order valence-electron chi connectivity index (χ2n) is 10.4. The van der Waals surface area contributed by atoms with Gasteiger partial charge in [-0.25, -0.2) is 9.78 Å². The number of aromatic nitrogens is 2. The van der Waals surface area contributed by atoms with E-state index in [-0.39, 0.29) is 29.3 Å². The van der Waals surface area contributed by atoms with E-state index in [0.29, 0.717) is 47.3 Å². The third-order valence-electron chi connectivity index (χ3n) is 6.29. The Labute approximate surface area is 255 Å². The average Bonchev–Trinajstić information content (AvgIpc) is 2.95. The minimum absolute atomic E-state index is 0.193. The van der Waals surface area contributed by atoms with Crippen LogP contribution in [0.5, 0.6) is 5.75 Å². The lowest BCUT2D eigenvalue weighted by molar-refractivity contribution is -0.116. The smallest absolute Gasteiger partial charge is 0.407 e. The number of nitrogens with zero attached hydrogens (tertiary/aromatic N) is 4. The van der Waals surface area contributed by atoms with Crippen molar-refractivity contribution in [2.75, 3.05) is 41.0 Å². The van der Waals surface area contributed by atoms with Gasteiger partial charge in [0.2, 0.25) is 17.8 Å². The maximum Gasteiger partial charge on any atom is 0.407 e. The van der Waals surface area contributed by atoms with E-state index in [1.54, 1.807) is 47.4 Å². The average molecular weight is 610 g/mol. The summed E-state index contributed by atoms with van der Waals surface area (Å²) in [5.74, 6) is 0.377. The van der Waals surface area contributed by atoms with Crippen LogP contribution >= 0.6 is 11.6 Å². The summed E-state index contributed by atoms with van der Waals surface area (Å²) in [5.41, 5.74) is 1.63. The monoisotopic (exact) mass is 609 g/mol. The maximum atomic E-state index is 12.5. The molecule has 0 saturated heterocycles. The zero-order valence-corrected chi connectivity index (χ0v) is 25.5. The minimum atomic E-state index is -1.01. The summed E-state index contributed by atoms with van der Waals surface area (Å²) in [6, 6.07) is 12.2. The van der Waals surface area contributed by atoms with Crippen molar-refractivity contribution in [2.45, 2.75) is 39.7 Å². The lowest BCUT2D eigenvalue weighted by atomic mass is 10.1. The van der Waals surface area contributed by atoms with E-state index in [1.807, 2.05) is 20.8 Å². The molecule has 0 fully saturated rings. The first kappa shape index (κ1) is 32.7. The van der Waals surface area contributed by atoms with Crippen LogP contribution in [0.3, 0.4) is 0 Å². The molecular formula is C30H36ClN7O5. The Morgan fingerprint density at radius 2 is 1.77 bits per heavy atom. The molecule has 0 saturated carbocycles. The van der Waals surface area contributed by atoms with Gasteiger partial charge in [-0.3, -0.25) is 9.59 Å². The van der Waals surface area contributed by atoms with Crippen LogP contribution in [-0.2, 0) is 9.59 Å². The Morgan fingerprint density at radius 3 is 2.37 bits per heavy atom. The number of benzene rings is 2. The molecule has 43 heavy (non-hydrogen) atoms. The zero-order chi connectivity index (χ0) is 31.7. The summed E-state index contributed by atoms with van der Waals surface area (Å²) < 4.78 is 5.59. The highest BCUT2D eigenvalue weighted by Gasteiger charge is 2.26. The fourth-order valence-electron chi connectivity index (χ4n) is 4.17. The molecule has 0 spiro atoms. The van der Waals surface area contributed by atoms with Crippen molar-refractivity contribution < 1.29 is 24.2 Å². The van der Waals surface area contributed by atoms with Crippen molar-refractivity contribution in [3.63, 3.8) is 0 Å². The number of hydrogen-bond donors (Lipinski definition) is 4. The summed E-state index contributed by atoms with van der Waals surface area (Å²) in [6.45, 7) is 11.0. The fourth-order valence-corrected chi connectivity index (χ4v) is 4.31. The second kappa shape index (κ2) is 14.4. The summed E-state index contributed by atoms with van der Waals surface area (Å²) in [6.07, 6.45) is 2.04. The van der Waals surface area contributed by atoms with E-state index in [0.717, 1.165) is 0 Å². The molecule has 2 aromatic carbocycles. The number of carboxylic acid groups (broad SMARTS) is 1. The topological polar surface area (TPSA) is 149 Å². The quantitative estimate of drug-likeness (QED) is 0.174. The predicted molar refractivity (Wildman–Crippen MR) is 169 cm³/mol. The summed E-state index contributed by atoms with van der Waals surface area (Å²) in [7, 11) is 1.50. The van der Waals surface area contributed by atoms with Gasteiger partial charge in [0.25, 0.3) is 0 Å². The molecule has 0 unspecified atom stereocenters. The number of anilines is 6. The first-order valence-corrected chi connectivity index (χ1v) is 13.8. The lowest BCUT2D eigenvalue weighted by Crippen LogP contribution is -2.46. The van der Waals surface area contributed by atoms with Gasteiger partial charge >= 0.3 is 6.09 Å². The van der Waals surface area contributed by atoms with E-state index >= 15 is 0 Å². The number of para-hydroxylation sites is 2. The number of amides is 3. The van der Waals surface area contributed by atoms with Gasteiger partial charge in [0.05, 0.1) is 30.4 Å². The molecule has 1 heterocycles. The normalized spacial score (nSPS) is 10.8. The molecule has 4 N–H and O–H groups in total. The first-order valence-electron chi connectivity index (χ1n) is 13.4. The lowest BCUT2D eigenvalue weighted by Gasteiger charge is -2.33. The van der Waals surface area contributed by atoms with Crippen LogP contribution in [0.25, 0.3) is 0 Å². The number of rotatable bonds is 12. The number of carbonyl (C=O) groups is 3. The van der Waals surface area contributed by atoms with Crippen LogP contribution in [0.1, 0.15) is 34.1 Å². The van der Waals surface area contributed by atoms with Gasteiger partial charge in [-0.1, -0.05) is 30.3 Å². The van der Waals surface area contributed by atoms with Gasteiger partial charge in [-0.2, -0.15) is 4.98 Å². The largest absolute Gasteiger partial charge is 0.494 e. The van der Waals surface area contributed by atoms with Gasteiger partial charge in [-0.05, 0) is 57.5 Å². The Bertz CT molecular complexity index is 1490. The molecule has 3 aromatic rings. The Kier molecular flexibility index (Phi) is 10.9. The van der Waals surface area contributed by atoms with E-state index in [9.17, 15) is 19.5 Å². The Morgan fingerprint density at radius 1 is 1.07 bits per heavy atom. The first-order chi connectivity index (χ1) is 20.3. The fraction of sp³-hybridized carbons (Fsp3) is 0.300. The van der Waals surface area contributed by atoms with Gasteiger partial charge in [0, 0.05) is 37.3 Å². The molecule has 0 aliphatic rings. The molecule has 0 aliphatic carbocycles. The summed E-state index contributed by atoms with van der Waals surface area (Å²) >= 11 is 6.37. The predicted octanol–water partition coefficient (Wildman–Crippen LogP) is 6.27. The molecular weight excluding hydrogens is 574 g/mol. The van der Waals surface area contributed by atoms with Gasteiger partial charge in [0.1, 0.15) is 10.8 Å². The zero-order valence-electron chi connectivity index (χ0n) is 24.8. The van der Waals surface area contributed by atoms with Crippen LogP contribution in [0.2, 0.25) is 5.02 Å². The minimum Gasteiger partial charge on any atom is -0.494 e. The molecule has 0 radical (unpaired) electrons. The van der Waals surface area contributed by atoms with Crippen LogP contribution in [0.4, 0.5) is 39.3 Å². The van der Waals surface area contributed by atoms with Crippen molar-refractivity contribution in [3.05, 3.63) is 66.3 Å². The van der Waals surface area contributed by atoms with Gasteiger partial charge in [-0.15, -0.1) is 0 Å². The van der Waals surface area contributed by atoms with Crippen LogP contribution in [0, 0.1) is 0 Å². The molecule has 0 aliphatic heterocycles. The van der Waals surface area contributed by atoms with E-state index in [1.165, 1.54) is 31.2 Å². The molecule has 13 heteroatoms. The third-order valence-corrected chi connectivity index (χ3v) is 6.57. The molecule has 3 rings (SSSR count). The SMILES string of the molecule is C=CC(=O)Nc1ccccc1Nc1nc(Nc2ccc(N(CCCN(C(=O)O)C(C)(C)C)C(C)=O)cc2OC)ncc1Cl. The Hall–Kier alpha value is -4.84. The molecule has 1 aromatic heterocycles. The van der Waals surface area contributed by atoms with E-state index in [4.69, 9.17) is 16.3 Å². The summed E-state index contributed by atoms with van der Waals surface area (Å²) in [4.78, 5) is 47.7. The highest BCUT2D eigenvalue weighted by atomic mass is 35.5. The molecule has 228 valence electrons. The standard InChI is InChI=1S/C30H36ClN7O5/c1-7-26(40)33-22-11-8-9-12-23(22)34-27-21(31)18-32-28(36-27)35-24-14-13-20(17-25(24)43-6)37(19(2)39)15-10-16-38(29(41)42)30(3,4)5/h7-9,11-14,17-18H,1,10,15-16H2,2-6H3,(H,33,40)(H,41,42)(H2,32,34,35,36). The Balaban J connectivity index is 1.80. The number of nitrogens with one attached hydrogen (secondary N) is 3. The van der Waals surface area contributed by atoms with Crippen molar-refractivity contribution in [2.24, 2.45) is 0 Å². The highest BCUT2D eigenvalue weighted by molar-refractivity contribution is 6.33. The van der Waals surface area contributed by atoms with Crippen molar-refractivity contribution in [3.8, 4) is 5.75 Å². The highest BCUT2D eigenvalue weighted by Crippen LogP contribution is 2.33. The summed E-state index contributed by atoms with van der Waals surface area (Å²) in [5, 5.41) is 18.8. The molecule has 3 amide bonds. The second-order valence-corrected chi connectivity index (χ2v) is 10.8. The van der Waals surface area contributed by atoms with Crippen LogP contribution in [0.15, 0.2) is 61.3 Å². The van der Waals surface area contributed by atoms with Crippen molar-refractivity contribution >= 4 is 64.0 Å². The van der Waals surface area contributed by atoms with Gasteiger partial charge < -0.3 is 35.6 Å².